The van der Waals surface area contributed by atoms with Crippen molar-refractivity contribution in [3.05, 3.63) is 54.0 Å². The second-order valence-corrected chi connectivity index (χ2v) is 3.50. The largest absolute Gasteiger partial charge is 0.324 e. The van der Waals surface area contributed by atoms with E-state index in [4.69, 9.17) is 5.73 Å². The van der Waals surface area contributed by atoms with E-state index in [2.05, 4.69) is 12.3 Å². The molecule has 0 saturated carbocycles. The van der Waals surface area contributed by atoms with Gasteiger partial charge in [0.15, 0.2) is 0 Å². The fraction of sp³-hybridized carbons (Fsp3) is 0.308. The highest BCUT2D eigenvalue weighted by Gasteiger charge is 2.04. The lowest BCUT2D eigenvalue weighted by Gasteiger charge is -2.10. The Morgan fingerprint density at radius 2 is 2.07 bits per heavy atom. The predicted molar refractivity (Wildman–Crippen MR) is 60.9 cm³/mol. The maximum absolute atomic E-state index is 12.6. The molecule has 0 spiro atoms. The van der Waals surface area contributed by atoms with Crippen molar-refractivity contribution in [1.82, 2.24) is 0 Å². The zero-order chi connectivity index (χ0) is 11.1. The molecule has 0 heterocycles. The van der Waals surface area contributed by atoms with E-state index in [9.17, 15) is 4.39 Å². The quantitative estimate of drug-likeness (QED) is 0.579. The van der Waals surface area contributed by atoms with Gasteiger partial charge in [0.1, 0.15) is 5.82 Å². The molecule has 0 fully saturated rings. The van der Waals surface area contributed by atoms with Crippen LogP contribution in [0.3, 0.4) is 0 Å². The zero-order valence-corrected chi connectivity index (χ0v) is 8.75. The molecule has 2 heteroatoms. The molecule has 0 aromatic heterocycles. The van der Waals surface area contributed by atoms with E-state index >= 15 is 0 Å². The summed E-state index contributed by atoms with van der Waals surface area (Å²) in [4.78, 5) is 0. The van der Waals surface area contributed by atoms with Crippen LogP contribution in [0.5, 0.6) is 0 Å². The summed E-state index contributed by atoms with van der Waals surface area (Å²) >= 11 is 0. The van der Waals surface area contributed by atoms with Crippen molar-refractivity contribution in [2.45, 2.75) is 25.3 Å². The highest BCUT2D eigenvalue weighted by molar-refractivity contribution is 5.19. The van der Waals surface area contributed by atoms with Crippen molar-refractivity contribution in [2.24, 2.45) is 5.73 Å². The van der Waals surface area contributed by atoms with Gasteiger partial charge in [0.2, 0.25) is 0 Å². The molecule has 1 aromatic carbocycles. The summed E-state index contributed by atoms with van der Waals surface area (Å²) in [7, 11) is 0. The van der Waals surface area contributed by atoms with Gasteiger partial charge in [0.25, 0.3) is 0 Å². The third-order valence-corrected chi connectivity index (χ3v) is 2.31. The minimum Gasteiger partial charge on any atom is -0.324 e. The molecule has 0 saturated heterocycles. The Morgan fingerprint density at radius 3 is 2.67 bits per heavy atom. The number of rotatable bonds is 5. The van der Waals surface area contributed by atoms with Crippen molar-refractivity contribution in [3.8, 4) is 0 Å². The van der Waals surface area contributed by atoms with Crippen LogP contribution in [0.15, 0.2) is 42.7 Å². The topological polar surface area (TPSA) is 26.0 Å². The van der Waals surface area contributed by atoms with Crippen molar-refractivity contribution in [1.29, 1.82) is 0 Å². The van der Waals surface area contributed by atoms with E-state index in [1.807, 2.05) is 6.08 Å². The van der Waals surface area contributed by atoms with Crippen LogP contribution in [0, 0.1) is 5.82 Å². The maximum Gasteiger partial charge on any atom is 0.123 e. The minimum atomic E-state index is -0.222. The molecule has 0 aliphatic rings. The van der Waals surface area contributed by atoms with Crippen LogP contribution in [0.25, 0.3) is 0 Å². The average molecular weight is 205 g/mol. The smallest absolute Gasteiger partial charge is 0.123 e. The Labute approximate surface area is 90.1 Å². The summed E-state index contributed by atoms with van der Waals surface area (Å²) in [5.41, 5.74) is 9.66. The molecule has 0 aliphatic heterocycles. The van der Waals surface area contributed by atoms with Gasteiger partial charge in [-0.3, -0.25) is 0 Å². The normalized spacial score (nSPS) is 11.9. The number of nitrogens with two attached hydrogens (primary N) is 1. The molecule has 1 rings (SSSR count). The molecule has 1 atom stereocenters. The molecule has 2 N–H and O–H groups in total. The monoisotopic (exact) mass is 205 g/mol. The lowest BCUT2D eigenvalue weighted by molar-refractivity contribution is 0.606. The van der Waals surface area contributed by atoms with Crippen molar-refractivity contribution in [2.75, 3.05) is 0 Å². The molecular formula is C13H16FN. The van der Waals surface area contributed by atoms with Gasteiger partial charge in [-0.1, -0.05) is 18.7 Å². The third kappa shape index (κ3) is 4.11. The van der Waals surface area contributed by atoms with E-state index in [1.165, 1.54) is 12.1 Å². The van der Waals surface area contributed by atoms with Crippen LogP contribution < -0.4 is 5.73 Å². The van der Waals surface area contributed by atoms with E-state index in [0.717, 1.165) is 24.8 Å². The van der Waals surface area contributed by atoms with Gasteiger partial charge in [0.05, 0.1) is 0 Å². The first-order chi connectivity index (χ1) is 7.24. The first kappa shape index (κ1) is 11.7. The van der Waals surface area contributed by atoms with Crippen LogP contribution in [0.1, 0.15) is 30.9 Å². The Morgan fingerprint density at radius 1 is 1.40 bits per heavy atom. The van der Waals surface area contributed by atoms with Gasteiger partial charge >= 0.3 is 0 Å². The lowest BCUT2D eigenvalue weighted by atomic mass is 10.0. The fourth-order valence-electron chi connectivity index (χ4n) is 1.42. The van der Waals surface area contributed by atoms with Gasteiger partial charge < -0.3 is 5.73 Å². The van der Waals surface area contributed by atoms with E-state index in [-0.39, 0.29) is 11.9 Å². The van der Waals surface area contributed by atoms with Crippen LogP contribution in [-0.2, 0) is 0 Å². The van der Waals surface area contributed by atoms with Crippen molar-refractivity contribution < 1.29 is 4.39 Å². The Balaban J connectivity index is 2.42. The Kier molecular flexibility index (Phi) is 4.82. The number of allylic oxidation sites excluding steroid dienone is 1. The Hall–Kier alpha value is -1.37. The van der Waals surface area contributed by atoms with E-state index in [0.29, 0.717) is 0 Å². The summed E-state index contributed by atoms with van der Waals surface area (Å²) in [5.74, 6) is -0.222. The molecule has 0 bridgehead atoms. The summed E-state index contributed by atoms with van der Waals surface area (Å²) in [6.45, 7) is 3.49. The lowest BCUT2D eigenvalue weighted by Crippen LogP contribution is -2.09. The molecule has 1 nitrogen and oxygen atoms in total. The van der Waals surface area contributed by atoms with Gasteiger partial charge in [-0.05, 0) is 43.0 Å². The standard InChI is InChI=1S/C13H16FN/c1-2-3-4-5-6-13(15)11-7-9-12(14)10-8-11/h3,7-10,13H,1,4-6,15H2. The molecule has 80 valence electrons. The average Bonchev–Trinajstić information content (AvgIpc) is 2.25. The number of hydrogen-bond acceptors (Lipinski definition) is 1. The molecule has 0 amide bonds. The van der Waals surface area contributed by atoms with Gasteiger partial charge in [-0.15, -0.1) is 5.73 Å². The fourth-order valence-corrected chi connectivity index (χ4v) is 1.42. The van der Waals surface area contributed by atoms with Crippen LogP contribution >= 0.6 is 0 Å². The first-order valence-corrected chi connectivity index (χ1v) is 5.09. The second kappa shape index (κ2) is 6.18. The molecular weight excluding hydrogens is 189 g/mol. The van der Waals surface area contributed by atoms with Crippen molar-refractivity contribution >= 4 is 0 Å². The third-order valence-electron chi connectivity index (χ3n) is 2.31. The summed E-state index contributed by atoms with van der Waals surface area (Å²) in [5, 5.41) is 0. The number of hydrogen-bond donors (Lipinski definition) is 1. The van der Waals surface area contributed by atoms with Gasteiger partial charge in [0, 0.05) is 6.04 Å². The summed E-state index contributed by atoms with van der Waals surface area (Å²) in [6, 6.07) is 6.36. The maximum atomic E-state index is 12.6. The first-order valence-electron chi connectivity index (χ1n) is 5.09. The highest BCUT2D eigenvalue weighted by Crippen LogP contribution is 2.16. The minimum absolute atomic E-state index is 0.0104. The number of benzene rings is 1. The molecule has 0 radical (unpaired) electrons. The molecule has 1 unspecified atom stereocenters. The van der Waals surface area contributed by atoms with Gasteiger partial charge in [-0.25, -0.2) is 4.39 Å². The Bertz CT molecular complexity index is 336. The number of unbranched alkanes of at least 4 members (excludes halogenated alkanes) is 1. The summed E-state index contributed by atoms with van der Waals surface area (Å²) < 4.78 is 12.6. The van der Waals surface area contributed by atoms with Crippen LogP contribution in [-0.4, -0.2) is 0 Å². The van der Waals surface area contributed by atoms with E-state index in [1.54, 1.807) is 12.1 Å². The summed E-state index contributed by atoms with van der Waals surface area (Å²) in [6.07, 6.45) is 4.74. The molecule has 15 heavy (non-hydrogen) atoms. The van der Waals surface area contributed by atoms with E-state index < -0.39 is 0 Å². The SMILES string of the molecule is C=C=CCCCC(N)c1ccc(F)cc1. The van der Waals surface area contributed by atoms with Crippen LogP contribution in [0.2, 0.25) is 0 Å². The number of halogens is 1. The van der Waals surface area contributed by atoms with Crippen LogP contribution in [0.4, 0.5) is 4.39 Å². The van der Waals surface area contributed by atoms with Crippen molar-refractivity contribution in [3.63, 3.8) is 0 Å². The second-order valence-electron chi connectivity index (χ2n) is 3.50. The predicted octanol–water partition coefficient (Wildman–Crippen LogP) is 3.34. The van der Waals surface area contributed by atoms with Gasteiger partial charge in [-0.2, -0.15) is 0 Å². The molecule has 1 aromatic rings. The molecule has 0 aliphatic carbocycles. The zero-order valence-electron chi connectivity index (χ0n) is 8.75. The highest BCUT2D eigenvalue weighted by atomic mass is 19.1.